The number of benzene rings is 1. The Morgan fingerprint density at radius 2 is 1.93 bits per heavy atom. The molecule has 1 aromatic rings. The van der Waals surface area contributed by atoms with Crippen LogP contribution in [-0.2, 0) is 15.9 Å². The molecule has 2 atom stereocenters. The van der Waals surface area contributed by atoms with E-state index >= 15 is 0 Å². The zero-order valence-electron chi connectivity index (χ0n) is 8.69. The van der Waals surface area contributed by atoms with Crippen molar-refractivity contribution in [2.75, 3.05) is 14.2 Å². The van der Waals surface area contributed by atoms with Crippen molar-refractivity contribution in [2.24, 2.45) is 0 Å². The minimum Gasteiger partial charge on any atom is -0.378 e. The SMILES string of the molecule is CO[C@@H]1c2ccccc2CC[C@H]1OC. The van der Waals surface area contributed by atoms with E-state index in [0.717, 1.165) is 12.8 Å². The molecular weight excluding hydrogens is 176 g/mol. The van der Waals surface area contributed by atoms with Crippen LogP contribution in [0.3, 0.4) is 0 Å². The highest BCUT2D eigenvalue weighted by Crippen LogP contribution is 2.33. The Balaban J connectivity index is 2.34. The second kappa shape index (κ2) is 4.11. The average Bonchev–Trinajstić information content (AvgIpc) is 2.27. The maximum absolute atomic E-state index is 5.50. The molecule has 2 heteroatoms. The molecule has 0 aliphatic heterocycles. The van der Waals surface area contributed by atoms with E-state index in [-0.39, 0.29) is 12.2 Å². The molecule has 1 aliphatic carbocycles. The van der Waals surface area contributed by atoms with E-state index in [9.17, 15) is 0 Å². The molecule has 14 heavy (non-hydrogen) atoms. The van der Waals surface area contributed by atoms with Gasteiger partial charge in [0.15, 0.2) is 0 Å². The van der Waals surface area contributed by atoms with Crippen LogP contribution in [0.15, 0.2) is 24.3 Å². The predicted molar refractivity (Wildman–Crippen MR) is 55.3 cm³/mol. The Kier molecular flexibility index (Phi) is 2.85. The summed E-state index contributed by atoms with van der Waals surface area (Å²) in [7, 11) is 3.50. The zero-order chi connectivity index (χ0) is 9.97. The highest BCUT2D eigenvalue weighted by molar-refractivity contribution is 5.32. The van der Waals surface area contributed by atoms with E-state index in [4.69, 9.17) is 9.47 Å². The fourth-order valence-corrected chi connectivity index (χ4v) is 2.21. The first-order valence-electron chi connectivity index (χ1n) is 5.00. The molecule has 2 nitrogen and oxygen atoms in total. The van der Waals surface area contributed by atoms with Crippen molar-refractivity contribution >= 4 is 0 Å². The van der Waals surface area contributed by atoms with Crippen molar-refractivity contribution in [3.05, 3.63) is 35.4 Å². The first-order chi connectivity index (χ1) is 6.86. The van der Waals surface area contributed by atoms with Gasteiger partial charge in [0.1, 0.15) is 6.10 Å². The highest BCUT2D eigenvalue weighted by atomic mass is 16.5. The number of aryl methyl sites for hydroxylation is 1. The molecule has 1 aromatic carbocycles. The van der Waals surface area contributed by atoms with Crippen molar-refractivity contribution in [1.82, 2.24) is 0 Å². The van der Waals surface area contributed by atoms with E-state index in [0.29, 0.717) is 0 Å². The van der Waals surface area contributed by atoms with Gasteiger partial charge >= 0.3 is 0 Å². The lowest BCUT2D eigenvalue weighted by Gasteiger charge is -2.31. The van der Waals surface area contributed by atoms with Crippen LogP contribution in [0.2, 0.25) is 0 Å². The summed E-state index contributed by atoms with van der Waals surface area (Å²) in [5, 5.41) is 0. The number of ether oxygens (including phenoxy) is 2. The number of methoxy groups -OCH3 is 2. The van der Waals surface area contributed by atoms with E-state index in [2.05, 4.69) is 24.3 Å². The van der Waals surface area contributed by atoms with Crippen molar-refractivity contribution in [3.63, 3.8) is 0 Å². The monoisotopic (exact) mass is 192 g/mol. The smallest absolute Gasteiger partial charge is 0.108 e. The van der Waals surface area contributed by atoms with Gasteiger partial charge < -0.3 is 9.47 Å². The summed E-state index contributed by atoms with van der Waals surface area (Å²) in [4.78, 5) is 0. The molecule has 0 spiro atoms. The molecule has 2 rings (SSSR count). The Bertz CT molecular complexity index is 309. The molecule has 0 aromatic heterocycles. The van der Waals surface area contributed by atoms with Gasteiger partial charge in [0.25, 0.3) is 0 Å². The van der Waals surface area contributed by atoms with Gasteiger partial charge in [0, 0.05) is 14.2 Å². The number of hydrogen-bond acceptors (Lipinski definition) is 2. The molecule has 0 N–H and O–H groups in total. The second-order valence-electron chi connectivity index (χ2n) is 3.67. The molecule has 0 unspecified atom stereocenters. The summed E-state index contributed by atoms with van der Waals surface area (Å²) in [5.74, 6) is 0. The maximum atomic E-state index is 5.50. The minimum absolute atomic E-state index is 0.102. The van der Waals surface area contributed by atoms with Crippen LogP contribution in [0.1, 0.15) is 23.7 Å². The molecule has 0 saturated heterocycles. The van der Waals surface area contributed by atoms with Crippen molar-refractivity contribution in [3.8, 4) is 0 Å². The molecule has 0 radical (unpaired) electrons. The van der Waals surface area contributed by atoms with Gasteiger partial charge in [0.05, 0.1) is 6.10 Å². The summed E-state index contributed by atoms with van der Waals surface area (Å²) in [6, 6.07) is 8.45. The molecular formula is C12H16O2. The fourth-order valence-electron chi connectivity index (χ4n) is 2.21. The minimum atomic E-state index is 0.102. The normalized spacial score (nSPS) is 25.9. The van der Waals surface area contributed by atoms with Gasteiger partial charge in [-0.2, -0.15) is 0 Å². The van der Waals surface area contributed by atoms with Gasteiger partial charge in [-0.3, -0.25) is 0 Å². The van der Waals surface area contributed by atoms with Gasteiger partial charge in [-0.05, 0) is 24.0 Å². The molecule has 1 aliphatic rings. The third-order valence-electron chi connectivity index (χ3n) is 2.95. The lowest BCUT2D eigenvalue weighted by Crippen LogP contribution is -2.28. The number of hydrogen-bond donors (Lipinski definition) is 0. The van der Waals surface area contributed by atoms with E-state index in [1.54, 1.807) is 14.2 Å². The van der Waals surface area contributed by atoms with Crippen LogP contribution in [0.5, 0.6) is 0 Å². The van der Waals surface area contributed by atoms with E-state index in [1.807, 2.05) is 0 Å². The Labute approximate surface area is 84.8 Å². The largest absolute Gasteiger partial charge is 0.378 e. The van der Waals surface area contributed by atoms with Gasteiger partial charge in [-0.25, -0.2) is 0 Å². The maximum Gasteiger partial charge on any atom is 0.108 e. The quantitative estimate of drug-likeness (QED) is 0.716. The van der Waals surface area contributed by atoms with Crippen LogP contribution < -0.4 is 0 Å². The van der Waals surface area contributed by atoms with Crippen LogP contribution in [0, 0.1) is 0 Å². The lowest BCUT2D eigenvalue weighted by atomic mass is 9.87. The van der Waals surface area contributed by atoms with Crippen LogP contribution >= 0.6 is 0 Å². The number of rotatable bonds is 2. The summed E-state index contributed by atoms with van der Waals surface area (Å²) in [5.41, 5.74) is 2.68. The van der Waals surface area contributed by atoms with Gasteiger partial charge in [-0.15, -0.1) is 0 Å². The summed E-state index contributed by atoms with van der Waals surface area (Å²) in [6.45, 7) is 0. The van der Waals surface area contributed by atoms with Crippen LogP contribution in [-0.4, -0.2) is 20.3 Å². The fraction of sp³-hybridized carbons (Fsp3) is 0.500. The van der Waals surface area contributed by atoms with Gasteiger partial charge in [0.2, 0.25) is 0 Å². The molecule has 0 bridgehead atoms. The molecule has 0 saturated carbocycles. The van der Waals surface area contributed by atoms with Gasteiger partial charge in [-0.1, -0.05) is 24.3 Å². The second-order valence-corrected chi connectivity index (χ2v) is 3.67. The third kappa shape index (κ3) is 1.56. The standard InChI is InChI=1S/C12H16O2/c1-13-11-8-7-9-5-3-4-6-10(9)12(11)14-2/h3-6,11-12H,7-8H2,1-2H3/t11-,12-/m1/s1. The molecule has 76 valence electrons. The Hall–Kier alpha value is -0.860. The average molecular weight is 192 g/mol. The third-order valence-corrected chi connectivity index (χ3v) is 2.95. The zero-order valence-corrected chi connectivity index (χ0v) is 8.69. The van der Waals surface area contributed by atoms with Crippen LogP contribution in [0.4, 0.5) is 0 Å². The van der Waals surface area contributed by atoms with E-state index in [1.165, 1.54) is 11.1 Å². The van der Waals surface area contributed by atoms with Crippen LogP contribution in [0.25, 0.3) is 0 Å². The van der Waals surface area contributed by atoms with Crippen molar-refractivity contribution in [1.29, 1.82) is 0 Å². The highest BCUT2D eigenvalue weighted by Gasteiger charge is 2.28. The Morgan fingerprint density at radius 1 is 1.14 bits per heavy atom. The topological polar surface area (TPSA) is 18.5 Å². The lowest BCUT2D eigenvalue weighted by molar-refractivity contribution is -0.0469. The first-order valence-corrected chi connectivity index (χ1v) is 5.00. The Morgan fingerprint density at radius 3 is 2.64 bits per heavy atom. The van der Waals surface area contributed by atoms with Crippen molar-refractivity contribution < 1.29 is 9.47 Å². The summed E-state index contributed by atoms with van der Waals surface area (Å²) < 4.78 is 10.9. The molecule has 0 heterocycles. The number of fused-ring (bicyclic) bond motifs is 1. The molecule has 0 fully saturated rings. The summed E-state index contributed by atoms with van der Waals surface area (Å²) >= 11 is 0. The van der Waals surface area contributed by atoms with Crippen molar-refractivity contribution in [2.45, 2.75) is 25.0 Å². The first kappa shape index (κ1) is 9.69. The predicted octanol–water partition coefficient (Wildman–Crippen LogP) is 2.34. The molecule has 0 amide bonds. The van der Waals surface area contributed by atoms with E-state index < -0.39 is 0 Å². The summed E-state index contributed by atoms with van der Waals surface area (Å²) in [6.07, 6.45) is 2.44.